The van der Waals surface area contributed by atoms with Crippen molar-refractivity contribution in [2.45, 2.75) is 25.2 Å². The molecule has 0 aliphatic carbocycles. The topological polar surface area (TPSA) is 43.4 Å². The molecule has 5 heteroatoms. The van der Waals surface area contributed by atoms with Crippen LogP contribution in [0.3, 0.4) is 0 Å². The SMILES string of the molecule is C#CC1C(C)OS(=O)(=O)SC1C. The zero-order valence-electron chi connectivity index (χ0n) is 6.85. The second-order valence-corrected chi connectivity index (χ2v) is 6.45. The third-order valence-corrected chi connectivity index (χ3v) is 4.97. The fourth-order valence-corrected chi connectivity index (χ4v) is 4.48. The summed E-state index contributed by atoms with van der Waals surface area (Å²) in [7, 11) is -2.62. The smallest absolute Gasteiger partial charge is 0.257 e. The summed E-state index contributed by atoms with van der Waals surface area (Å²) in [6.07, 6.45) is 4.83. The lowest BCUT2D eigenvalue weighted by Crippen LogP contribution is -2.34. The molecule has 12 heavy (non-hydrogen) atoms. The van der Waals surface area contributed by atoms with Crippen molar-refractivity contribution in [2.75, 3.05) is 0 Å². The van der Waals surface area contributed by atoms with Gasteiger partial charge in [0.25, 0.3) is 0 Å². The molecule has 1 aliphatic rings. The van der Waals surface area contributed by atoms with E-state index in [1.165, 1.54) is 0 Å². The second kappa shape index (κ2) is 3.29. The Morgan fingerprint density at radius 3 is 2.50 bits per heavy atom. The van der Waals surface area contributed by atoms with Crippen LogP contribution in [0, 0.1) is 18.3 Å². The van der Waals surface area contributed by atoms with Gasteiger partial charge in [-0.1, -0.05) is 12.8 Å². The molecule has 1 fully saturated rings. The Balaban J connectivity index is 2.86. The van der Waals surface area contributed by atoms with Gasteiger partial charge in [-0.15, -0.1) is 6.42 Å². The molecule has 1 heterocycles. The average molecular weight is 206 g/mol. The molecule has 68 valence electrons. The summed E-state index contributed by atoms with van der Waals surface area (Å²) in [5.41, 5.74) is 0. The van der Waals surface area contributed by atoms with E-state index in [-0.39, 0.29) is 11.2 Å². The first kappa shape index (κ1) is 9.90. The molecule has 1 saturated heterocycles. The van der Waals surface area contributed by atoms with E-state index < -0.39 is 15.3 Å². The molecule has 3 atom stereocenters. The van der Waals surface area contributed by atoms with Gasteiger partial charge in [-0.3, -0.25) is 4.18 Å². The quantitative estimate of drug-likeness (QED) is 0.438. The third kappa shape index (κ3) is 1.94. The zero-order chi connectivity index (χ0) is 9.35. The predicted molar refractivity (Wildman–Crippen MR) is 48.8 cm³/mol. The highest BCUT2D eigenvalue weighted by Crippen LogP contribution is 2.35. The van der Waals surface area contributed by atoms with Crippen molar-refractivity contribution in [3.05, 3.63) is 0 Å². The van der Waals surface area contributed by atoms with Crippen molar-refractivity contribution < 1.29 is 12.6 Å². The van der Waals surface area contributed by atoms with Gasteiger partial charge in [-0.2, -0.15) is 8.42 Å². The van der Waals surface area contributed by atoms with Crippen LogP contribution < -0.4 is 0 Å². The van der Waals surface area contributed by atoms with Crippen LogP contribution in [0.2, 0.25) is 0 Å². The Labute approximate surface area is 76.4 Å². The molecule has 0 aromatic rings. The van der Waals surface area contributed by atoms with Crippen LogP contribution in [-0.4, -0.2) is 19.8 Å². The van der Waals surface area contributed by atoms with E-state index in [9.17, 15) is 8.42 Å². The zero-order valence-corrected chi connectivity index (χ0v) is 8.48. The molecule has 0 N–H and O–H groups in total. The van der Waals surface area contributed by atoms with Gasteiger partial charge in [-0.05, 0) is 6.92 Å². The van der Waals surface area contributed by atoms with Gasteiger partial charge in [0.2, 0.25) is 0 Å². The minimum absolute atomic E-state index is 0.0938. The molecule has 0 radical (unpaired) electrons. The summed E-state index contributed by atoms with van der Waals surface area (Å²) >= 11 is 0. The summed E-state index contributed by atoms with van der Waals surface area (Å²) in [4.78, 5) is 0. The fraction of sp³-hybridized carbons (Fsp3) is 0.714. The summed E-state index contributed by atoms with van der Waals surface area (Å²) in [5.74, 6) is 2.40. The van der Waals surface area contributed by atoms with E-state index in [1.807, 2.05) is 0 Å². The van der Waals surface area contributed by atoms with Gasteiger partial charge in [0.1, 0.15) is 0 Å². The Morgan fingerprint density at radius 1 is 1.50 bits per heavy atom. The first-order chi connectivity index (χ1) is 5.46. The summed E-state index contributed by atoms with van der Waals surface area (Å²) < 4.78 is 26.8. The molecular weight excluding hydrogens is 196 g/mol. The first-order valence-corrected chi connectivity index (χ1v) is 6.34. The molecular formula is C7H10O3S2. The Bertz CT molecular complexity index is 283. The van der Waals surface area contributed by atoms with Crippen LogP contribution in [0.5, 0.6) is 0 Å². The van der Waals surface area contributed by atoms with E-state index in [4.69, 9.17) is 10.6 Å². The average Bonchev–Trinajstić information content (AvgIpc) is 1.82. The Hall–Kier alpha value is -0.180. The normalized spacial score (nSPS) is 40.2. The fourth-order valence-electron chi connectivity index (χ4n) is 1.17. The van der Waals surface area contributed by atoms with Crippen molar-refractivity contribution in [2.24, 2.45) is 5.92 Å². The summed E-state index contributed by atoms with van der Waals surface area (Å²) in [5, 5.41) is -0.0938. The number of rotatable bonds is 0. The second-order valence-electron chi connectivity index (χ2n) is 2.70. The molecule has 0 spiro atoms. The number of terminal acetylenes is 1. The molecule has 0 amide bonds. The lowest BCUT2D eigenvalue weighted by atomic mass is 10.0. The molecule has 1 aliphatic heterocycles. The van der Waals surface area contributed by atoms with Gasteiger partial charge in [0.15, 0.2) is 0 Å². The van der Waals surface area contributed by atoms with E-state index >= 15 is 0 Å². The maximum absolute atomic E-state index is 11.0. The highest BCUT2D eigenvalue weighted by Gasteiger charge is 2.36. The van der Waals surface area contributed by atoms with Gasteiger partial charge >= 0.3 is 9.15 Å². The van der Waals surface area contributed by atoms with Gasteiger partial charge in [-0.25, -0.2) is 0 Å². The monoisotopic (exact) mass is 206 g/mol. The van der Waals surface area contributed by atoms with Crippen molar-refractivity contribution in [3.63, 3.8) is 0 Å². The molecule has 1 rings (SSSR count). The Kier molecular flexibility index (Phi) is 2.71. The van der Waals surface area contributed by atoms with E-state index in [0.717, 1.165) is 10.8 Å². The highest BCUT2D eigenvalue weighted by atomic mass is 33.1. The maximum Gasteiger partial charge on any atom is 0.322 e. The third-order valence-electron chi connectivity index (χ3n) is 1.74. The molecule has 3 unspecified atom stereocenters. The minimum Gasteiger partial charge on any atom is -0.257 e. The van der Waals surface area contributed by atoms with Crippen molar-refractivity contribution in [3.8, 4) is 12.3 Å². The van der Waals surface area contributed by atoms with Crippen LogP contribution in [0.25, 0.3) is 0 Å². The molecule has 0 aromatic carbocycles. The van der Waals surface area contributed by atoms with Crippen molar-refractivity contribution in [1.29, 1.82) is 0 Å². The molecule has 0 bridgehead atoms. The minimum atomic E-state index is -3.40. The lowest BCUT2D eigenvalue weighted by Gasteiger charge is -2.28. The van der Waals surface area contributed by atoms with E-state index in [1.54, 1.807) is 13.8 Å². The number of hydrogen-bond acceptors (Lipinski definition) is 4. The van der Waals surface area contributed by atoms with Crippen LogP contribution in [0.15, 0.2) is 0 Å². The number of hydrogen-bond donors (Lipinski definition) is 0. The lowest BCUT2D eigenvalue weighted by molar-refractivity contribution is 0.188. The van der Waals surface area contributed by atoms with Crippen molar-refractivity contribution >= 4 is 19.9 Å². The van der Waals surface area contributed by atoms with Gasteiger partial charge in [0.05, 0.1) is 12.0 Å². The van der Waals surface area contributed by atoms with Crippen LogP contribution in [0.4, 0.5) is 0 Å². The van der Waals surface area contributed by atoms with Crippen LogP contribution in [0.1, 0.15) is 13.8 Å². The van der Waals surface area contributed by atoms with E-state index in [0.29, 0.717) is 0 Å². The van der Waals surface area contributed by atoms with Gasteiger partial charge < -0.3 is 0 Å². The highest BCUT2D eigenvalue weighted by molar-refractivity contribution is 8.70. The standard InChI is InChI=1S/C7H10O3S2/c1-4-7-5(2)10-12(8,9)11-6(7)3/h1,5-7H,2-3H3. The van der Waals surface area contributed by atoms with Crippen LogP contribution in [-0.2, 0) is 13.3 Å². The molecule has 0 aromatic heterocycles. The maximum atomic E-state index is 11.0. The Morgan fingerprint density at radius 2 is 2.08 bits per heavy atom. The first-order valence-electron chi connectivity index (χ1n) is 3.54. The van der Waals surface area contributed by atoms with Gasteiger partial charge in [0, 0.05) is 16.0 Å². The summed E-state index contributed by atoms with van der Waals surface area (Å²) in [6.45, 7) is 3.48. The predicted octanol–water partition coefficient (Wildman–Crippen LogP) is 1.02. The summed E-state index contributed by atoms with van der Waals surface area (Å²) in [6, 6.07) is 0. The van der Waals surface area contributed by atoms with Crippen LogP contribution >= 0.6 is 10.8 Å². The molecule has 0 saturated carbocycles. The molecule has 3 nitrogen and oxygen atoms in total. The van der Waals surface area contributed by atoms with Crippen molar-refractivity contribution in [1.82, 2.24) is 0 Å². The largest absolute Gasteiger partial charge is 0.322 e. The van der Waals surface area contributed by atoms with E-state index in [2.05, 4.69) is 5.92 Å².